The molecular weight excluding hydrogens is 275 g/mol. The van der Waals surface area contributed by atoms with E-state index in [9.17, 15) is 0 Å². The van der Waals surface area contributed by atoms with Gasteiger partial charge in [-0.25, -0.2) is 0 Å². The molecule has 0 aromatic heterocycles. The van der Waals surface area contributed by atoms with Gasteiger partial charge in [0.15, 0.2) is 0 Å². The fourth-order valence-corrected chi connectivity index (χ4v) is 2.35. The lowest BCUT2D eigenvalue weighted by Gasteiger charge is -2.14. The highest BCUT2D eigenvalue weighted by Gasteiger charge is 2.12. The fraction of sp³-hybridized carbons (Fsp3) is 0.500. The Bertz CT molecular complexity index is 314. The predicted molar refractivity (Wildman–Crippen MR) is 69.2 cm³/mol. The van der Waals surface area contributed by atoms with E-state index < -0.39 is 0 Å². The topological polar surface area (TPSA) is 9.23 Å². The summed E-state index contributed by atoms with van der Waals surface area (Å²) < 4.78 is 5.31. The predicted octanol–water partition coefficient (Wildman–Crippen LogP) is 4.97. The first-order chi connectivity index (χ1) is 7.19. The van der Waals surface area contributed by atoms with Crippen molar-refractivity contribution in [3.63, 3.8) is 0 Å². The van der Waals surface area contributed by atoms with Crippen LogP contribution in [0.2, 0.25) is 5.02 Å². The second-order valence-corrected chi connectivity index (χ2v) is 5.04. The summed E-state index contributed by atoms with van der Waals surface area (Å²) in [5, 5.41) is 0.756. The van der Waals surface area contributed by atoms with Gasteiger partial charge in [-0.15, -0.1) is 0 Å². The van der Waals surface area contributed by atoms with Crippen LogP contribution >= 0.6 is 27.5 Å². The maximum atomic E-state index is 5.98. The fourth-order valence-electron chi connectivity index (χ4n) is 1.49. The van der Waals surface area contributed by atoms with Crippen LogP contribution < -0.4 is 4.74 Å². The van der Waals surface area contributed by atoms with Crippen LogP contribution in [-0.2, 0) is 0 Å². The Balaban J connectivity index is 2.85. The van der Waals surface area contributed by atoms with Gasteiger partial charge in [-0.1, -0.05) is 47.3 Å². The molecule has 0 fully saturated rings. The van der Waals surface area contributed by atoms with Crippen LogP contribution in [0.25, 0.3) is 0 Å². The number of alkyl halides is 1. The van der Waals surface area contributed by atoms with Gasteiger partial charge in [-0.3, -0.25) is 0 Å². The molecule has 0 heterocycles. The lowest BCUT2D eigenvalue weighted by atomic mass is 10.1. The van der Waals surface area contributed by atoms with Crippen molar-refractivity contribution in [3.8, 4) is 5.75 Å². The first-order valence-electron chi connectivity index (χ1n) is 5.16. The van der Waals surface area contributed by atoms with Gasteiger partial charge >= 0.3 is 0 Å². The maximum Gasteiger partial charge on any atom is 0.123 e. The summed E-state index contributed by atoms with van der Waals surface area (Å²) in [6.45, 7) is 2.19. The minimum atomic E-state index is 0.325. The Morgan fingerprint density at radius 1 is 1.47 bits per heavy atom. The SMILES string of the molecule is CCCCC(Br)c1cc(Cl)ccc1OC. The molecule has 1 unspecified atom stereocenters. The number of halogens is 2. The van der Waals surface area contributed by atoms with Crippen LogP contribution in [0, 0.1) is 0 Å². The van der Waals surface area contributed by atoms with Crippen molar-refractivity contribution < 1.29 is 4.74 Å². The third-order valence-corrected chi connectivity index (χ3v) is 3.53. The second kappa shape index (κ2) is 6.39. The van der Waals surface area contributed by atoms with Gasteiger partial charge in [-0.2, -0.15) is 0 Å². The molecule has 0 saturated heterocycles. The molecule has 1 aromatic rings. The summed E-state index contributed by atoms with van der Waals surface area (Å²) in [5.41, 5.74) is 1.14. The zero-order valence-corrected chi connectivity index (χ0v) is 11.4. The van der Waals surface area contributed by atoms with Crippen molar-refractivity contribution in [2.75, 3.05) is 7.11 Å². The van der Waals surface area contributed by atoms with Gasteiger partial charge in [0.2, 0.25) is 0 Å². The molecule has 0 N–H and O–H groups in total. The molecule has 1 rings (SSSR count). The largest absolute Gasteiger partial charge is 0.496 e. The quantitative estimate of drug-likeness (QED) is 0.696. The second-order valence-electron chi connectivity index (χ2n) is 3.50. The van der Waals surface area contributed by atoms with Crippen LogP contribution in [0.4, 0.5) is 0 Å². The first kappa shape index (κ1) is 12.9. The molecule has 15 heavy (non-hydrogen) atoms. The zero-order valence-electron chi connectivity index (χ0n) is 9.09. The molecule has 0 aliphatic heterocycles. The normalized spacial score (nSPS) is 12.5. The molecule has 3 heteroatoms. The van der Waals surface area contributed by atoms with Crippen LogP contribution in [-0.4, -0.2) is 7.11 Å². The van der Waals surface area contributed by atoms with Crippen molar-refractivity contribution in [2.24, 2.45) is 0 Å². The molecule has 0 radical (unpaired) electrons. The zero-order chi connectivity index (χ0) is 11.3. The highest BCUT2D eigenvalue weighted by atomic mass is 79.9. The van der Waals surface area contributed by atoms with Crippen LogP contribution in [0.5, 0.6) is 5.75 Å². The van der Waals surface area contributed by atoms with E-state index in [0.29, 0.717) is 4.83 Å². The van der Waals surface area contributed by atoms with Gasteiger partial charge in [0.05, 0.1) is 7.11 Å². The number of methoxy groups -OCH3 is 1. The Labute approximate surface area is 105 Å². The van der Waals surface area contributed by atoms with Gasteiger partial charge in [0, 0.05) is 15.4 Å². The van der Waals surface area contributed by atoms with E-state index in [0.717, 1.165) is 22.8 Å². The van der Waals surface area contributed by atoms with Gasteiger partial charge in [-0.05, 0) is 24.6 Å². The number of unbranched alkanes of at least 4 members (excludes halogenated alkanes) is 1. The highest BCUT2D eigenvalue weighted by Crippen LogP contribution is 2.36. The van der Waals surface area contributed by atoms with E-state index in [-0.39, 0.29) is 0 Å². The van der Waals surface area contributed by atoms with E-state index in [1.807, 2.05) is 18.2 Å². The summed E-state index contributed by atoms with van der Waals surface area (Å²) >= 11 is 9.65. The number of benzene rings is 1. The van der Waals surface area contributed by atoms with Crippen molar-refractivity contribution in [1.29, 1.82) is 0 Å². The number of hydrogen-bond donors (Lipinski definition) is 0. The summed E-state index contributed by atoms with van der Waals surface area (Å²) in [6.07, 6.45) is 3.50. The monoisotopic (exact) mass is 290 g/mol. The molecule has 0 amide bonds. The molecule has 0 aliphatic rings. The summed E-state index contributed by atoms with van der Waals surface area (Å²) in [4.78, 5) is 0.325. The Hall–Kier alpha value is -0.210. The lowest BCUT2D eigenvalue weighted by molar-refractivity contribution is 0.408. The Kier molecular flexibility index (Phi) is 5.48. The molecule has 84 valence electrons. The van der Waals surface area contributed by atoms with E-state index >= 15 is 0 Å². The molecule has 1 aromatic carbocycles. The molecule has 0 spiro atoms. The molecule has 1 atom stereocenters. The van der Waals surface area contributed by atoms with Crippen molar-refractivity contribution >= 4 is 27.5 Å². The smallest absolute Gasteiger partial charge is 0.123 e. The molecule has 0 saturated carbocycles. The van der Waals surface area contributed by atoms with E-state index in [2.05, 4.69) is 22.9 Å². The van der Waals surface area contributed by atoms with E-state index in [1.165, 1.54) is 12.8 Å². The number of ether oxygens (including phenoxy) is 1. The van der Waals surface area contributed by atoms with Crippen molar-refractivity contribution in [3.05, 3.63) is 28.8 Å². The van der Waals surface area contributed by atoms with Crippen LogP contribution in [0.3, 0.4) is 0 Å². The minimum Gasteiger partial charge on any atom is -0.496 e. The van der Waals surface area contributed by atoms with Crippen LogP contribution in [0.1, 0.15) is 36.6 Å². The summed E-state index contributed by atoms with van der Waals surface area (Å²) in [5.74, 6) is 0.900. The number of hydrogen-bond acceptors (Lipinski definition) is 1. The van der Waals surface area contributed by atoms with E-state index in [4.69, 9.17) is 16.3 Å². The summed E-state index contributed by atoms with van der Waals surface area (Å²) in [6, 6.07) is 5.73. The van der Waals surface area contributed by atoms with Gasteiger partial charge < -0.3 is 4.74 Å². The summed E-state index contributed by atoms with van der Waals surface area (Å²) in [7, 11) is 1.69. The average Bonchev–Trinajstić information content (AvgIpc) is 2.25. The standard InChI is InChI=1S/C12H16BrClO/c1-3-4-5-11(13)10-8-9(14)6-7-12(10)15-2/h6-8,11H,3-5H2,1-2H3. The van der Waals surface area contributed by atoms with Gasteiger partial charge in [0.1, 0.15) is 5.75 Å². The van der Waals surface area contributed by atoms with Crippen molar-refractivity contribution in [1.82, 2.24) is 0 Å². The molecular formula is C12H16BrClO. The molecule has 0 bridgehead atoms. The third-order valence-electron chi connectivity index (χ3n) is 2.34. The van der Waals surface area contributed by atoms with Crippen LogP contribution in [0.15, 0.2) is 18.2 Å². The lowest BCUT2D eigenvalue weighted by Crippen LogP contribution is -1.95. The maximum absolute atomic E-state index is 5.98. The van der Waals surface area contributed by atoms with E-state index in [1.54, 1.807) is 7.11 Å². The molecule has 1 nitrogen and oxygen atoms in total. The first-order valence-corrected chi connectivity index (χ1v) is 6.46. The molecule has 0 aliphatic carbocycles. The number of rotatable bonds is 5. The van der Waals surface area contributed by atoms with Gasteiger partial charge in [0.25, 0.3) is 0 Å². The average molecular weight is 292 g/mol. The Morgan fingerprint density at radius 3 is 2.80 bits per heavy atom. The minimum absolute atomic E-state index is 0.325. The third kappa shape index (κ3) is 3.69. The highest BCUT2D eigenvalue weighted by molar-refractivity contribution is 9.09. The Morgan fingerprint density at radius 2 is 2.20 bits per heavy atom. The van der Waals surface area contributed by atoms with Crippen molar-refractivity contribution in [2.45, 2.75) is 31.0 Å².